The molecule has 8 heteroatoms. The van der Waals surface area contributed by atoms with Gasteiger partial charge >= 0.3 is 0 Å². The number of carbonyl (C=O) groups is 1. The van der Waals surface area contributed by atoms with Crippen LogP contribution in [0.25, 0.3) is 0 Å². The minimum atomic E-state index is -3.34. The van der Waals surface area contributed by atoms with Crippen molar-refractivity contribution in [1.82, 2.24) is 9.88 Å². The van der Waals surface area contributed by atoms with Crippen LogP contribution in [0.2, 0.25) is 0 Å². The van der Waals surface area contributed by atoms with Gasteiger partial charge in [-0.1, -0.05) is 18.2 Å². The number of nitrogens with zero attached hydrogens (tertiary/aromatic N) is 1. The molecule has 27 heavy (non-hydrogen) atoms. The second-order valence-corrected chi connectivity index (χ2v) is 9.07. The first-order chi connectivity index (χ1) is 12.7. The number of aliphatic hydroxyl groups is 1. The molecule has 0 aliphatic carbocycles. The Morgan fingerprint density at radius 2 is 1.81 bits per heavy atom. The lowest BCUT2D eigenvalue weighted by Crippen LogP contribution is -2.37. The lowest BCUT2D eigenvalue weighted by molar-refractivity contribution is -0.120. The molecule has 2 rings (SSSR count). The van der Waals surface area contributed by atoms with Crippen LogP contribution in [0.5, 0.6) is 0 Å². The van der Waals surface area contributed by atoms with E-state index in [-0.39, 0.29) is 35.9 Å². The number of carbonyl (C=O) groups excluding carboxylic acids is 1. The van der Waals surface area contributed by atoms with Crippen LogP contribution in [0.1, 0.15) is 19.4 Å². The zero-order valence-electron chi connectivity index (χ0n) is 15.3. The standard InChI is InChI=1S/C19H24N2O5S/c1-14(2)27(25,26)17-8-6-15(7-9-17)11-18(23)20-12-16(22)13-21-10-4-3-5-19(21)24/h3-10,14,16,22H,11-13H2,1-2H3,(H,20,23)/t16-/m0/s1. The maximum absolute atomic E-state index is 12.1. The summed E-state index contributed by atoms with van der Waals surface area (Å²) in [6.07, 6.45) is 0.743. The highest BCUT2D eigenvalue weighted by atomic mass is 32.2. The molecule has 0 saturated carbocycles. The van der Waals surface area contributed by atoms with Crippen LogP contribution >= 0.6 is 0 Å². The third kappa shape index (κ3) is 5.77. The van der Waals surface area contributed by atoms with Gasteiger partial charge < -0.3 is 15.0 Å². The van der Waals surface area contributed by atoms with E-state index in [1.165, 1.54) is 22.8 Å². The van der Waals surface area contributed by atoms with E-state index in [1.807, 2.05) is 0 Å². The number of benzene rings is 1. The number of pyridine rings is 1. The van der Waals surface area contributed by atoms with Gasteiger partial charge in [0.25, 0.3) is 5.56 Å². The molecule has 0 saturated heterocycles. The van der Waals surface area contributed by atoms with Gasteiger partial charge in [0.2, 0.25) is 5.91 Å². The van der Waals surface area contributed by atoms with Gasteiger partial charge in [0.1, 0.15) is 0 Å². The Morgan fingerprint density at radius 3 is 2.41 bits per heavy atom. The van der Waals surface area contributed by atoms with Gasteiger partial charge in [-0.2, -0.15) is 0 Å². The molecule has 0 radical (unpaired) electrons. The number of nitrogens with one attached hydrogen (secondary N) is 1. The second-order valence-electron chi connectivity index (χ2n) is 6.56. The molecule has 0 fully saturated rings. The van der Waals surface area contributed by atoms with Crippen molar-refractivity contribution in [2.75, 3.05) is 6.54 Å². The van der Waals surface area contributed by atoms with Gasteiger partial charge in [-0.05, 0) is 37.6 Å². The smallest absolute Gasteiger partial charge is 0.250 e. The predicted octanol–water partition coefficient (Wildman–Crippen LogP) is 0.750. The third-order valence-corrected chi connectivity index (χ3v) is 6.25. The van der Waals surface area contributed by atoms with E-state index in [2.05, 4.69) is 5.32 Å². The van der Waals surface area contributed by atoms with Crippen LogP contribution in [-0.4, -0.2) is 41.9 Å². The summed E-state index contributed by atoms with van der Waals surface area (Å²) >= 11 is 0. The van der Waals surface area contributed by atoms with Crippen LogP contribution in [0.4, 0.5) is 0 Å². The zero-order valence-corrected chi connectivity index (χ0v) is 16.1. The van der Waals surface area contributed by atoms with Gasteiger partial charge in [-0.25, -0.2) is 8.42 Å². The van der Waals surface area contributed by atoms with Crippen molar-refractivity contribution >= 4 is 15.7 Å². The van der Waals surface area contributed by atoms with Crippen molar-refractivity contribution in [3.8, 4) is 0 Å². The molecule has 7 nitrogen and oxygen atoms in total. The normalized spacial score (nSPS) is 12.7. The van der Waals surface area contributed by atoms with Crippen molar-refractivity contribution in [1.29, 1.82) is 0 Å². The van der Waals surface area contributed by atoms with Gasteiger partial charge in [-0.15, -0.1) is 0 Å². The van der Waals surface area contributed by atoms with Crippen molar-refractivity contribution < 1.29 is 18.3 Å². The fourth-order valence-corrected chi connectivity index (χ4v) is 3.51. The molecular formula is C19H24N2O5S. The Kier molecular flexibility index (Phi) is 6.92. The summed E-state index contributed by atoms with van der Waals surface area (Å²) in [5.41, 5.74) is 0.447. The van der Waals surface area contributed by atoms with Gasteiger partial charge in [-0.3, -0.25) is 9.59 Å². The maximum atomic E-state index is 12.1. The van der Waals surface area contributed by atoms with E-state index >= 15 is 0 Å². The lowest BCUT2D eigenvalue weighted by atomic mass is 10.1. The highest BCUT2D eigenvalue weighted by Crippen LogP contribution is 2.16. The zero-order chi connectivity index (χ0) is 20.0. The maximum Gasteiger partial charge on any atom is 0.250 e. The Labute approximate surface area is 158 Å². The average molecular weight is 392 g/mol. The van der Waals surface area contributed by atoms with E-state index in [0.717, 1.165) is 0 Å². The number of sulfone groups is 1. The summed E-state index contributed by atoms with van der Waals surface area (Å²) in [5, 5.41) is 12.1. The summed E-state index contributed by atoms with van der Waals surface area (Å²) in [6, 6.07) is 10.9. The molecule has 146 valence electrons. The van der Waals surface area contributed by atoms with Crippen LogP contribution < -0.4 is 10.9 Å². The number of aliphatic hydroxyl groups excluding tert-OH is 1. The fraction of sp³-hybridized carbons (Fsp3) is 0.368. The molecule has 1 aromatic carbocycles. The van der Waals surface area contributed by atoms with Crippen molar-refractivity contribution in [2.45, 2.75) is 43.1 Å². The molecule has 1 heterocycles. The molecular weight excluding hydrogens is 368 g/mol. The molecule has 1 atom stereocenters. The van der Waals surface area contributed by atoms with Gasteiger partial charge in [0.15, 0.2) is 9.84 Å². The summed E-state index contributed by atoms with van der Waals surface area (Å²) in [7, 11) is -3.34. The third-order valence-electron chi connectivity index (χ3n) is 4.08. The summed E-state index contributed by atoms with van der Waals surface area (Å²) < 4.78 is 25.5. The quantitative estimate of drug-likeness (QED) is 0.690. The van der Waals surface area contributed by atoms with E-state index in [9.17, 15) is 23.1 Å². The van der Waals surface area contributed by atoms with Crippen molar-refractivity contribution in [2.24, 2.45) is 0 Å². The van der Waals surface area contributed by atoms with E-state index in [1.54, 1.807) is 44.3 Å². The second kappa shape index (κ2) is 8.96. The highest BCUT2D eigenvalue weighted by Gasteiger charge is 2.19. The molecule has 1 aromatic heterocycles. The molecule has 0 unspecified atom stereocenters. The van der Waals surface area contributed by atoms with Crippen LogP contribution in [0.15, 0.2) is 58.4 Å². The number of hydrogen-bond donors (Lipinski definition) is 2. The van der Waals surface area contributed by atoms with E-state index in [4.69, 9.17) is 0 Å². The first kappa shape index (κ1) is 20.9. The van der Waals surface area contributed by atoms with Crippen molar-refractivity contribution in [3.05, 3.63) is 64.6 Å². The van der Waals surface area contributed by atoms with Crippen LogP contribution in [0.3, 0.4) is 0 Å². The van der Waals surface area contributed by atoms with Crippen molar-refractivity contribution in [3.63, 3.8) is 0 Å². The van der Waals surface area contributed by atoms with Crippen LogP contribution in [0, 0.1) is 0 Å². The highest BCUT2D eigenvalue weighted by molar-refractivity contribution is 7.92. The topological polar surface area (TPSA) is 105 Å². The van der Waals surface area contributed by atoms with Crippen LogP contribution in [-0.2, 0) is 27.6 Å². The number of aromatic nitrogens is 1. The average Bonchev–Trinajstić information content (AvgIpc) is 2.62. The summed E-state index contributed by atoms with van der Waals surface area (Å²) in [5.74, 6) is -0.297. The molecule has 0 spiro atoms. The Balaban J connectivity index is 1.87. The summed E-state index contributed by atoms with van der Waals surface area (Å²) in [4.78, 5) is 23.8. The summed E-state index contributed by atoms with van der Waals surface area (Å²) in [6.45, 7) is 3.33. The first-order valence-electron chi connectivity index (χ1n) is 8.63. The monoisotopic (exact) mass is 392 g/mol. The minimum absolute atomic E-state index is 0.0139. The predicted molar refractivity (Wildman–Crippen MR) is 102 cm³/mol. The largest absolute Gasteiger partial charge is 0.389 e. The Morgan fingerprint density at radius 1 is 1.15 bits per heavy atom. The van der Waals surface area contributed by atoms with E-state index in [0.29, 0.717) is 5.56 Å². The van der Waals surface area contributed by atoms with Gasteiger partial charge in [0.05, 0.1) is 29.2 Å². The van der Waals surface area contributed by atoms with E-state index < -0.39 is 21.2 Å². The first-order valence-corrected chi connectivity index (χ1v) is 10.2. The molecule has 0 bridgehead atoms. The molecule has 1 amide bonds. The number of amides is 1. The molecule has 0 aliphatic rings. The molecule has 2 N–H and O–H groups in total. The Hall–Kier alpha value is -2.45. The lowest BCUT2D eigenvalue weighted by Gasteiger charge is -2.13. The van der Waals surface area contributed by atoms with Gasteiger partial charge in [0, 0.05) is 18.8 Å². The fourth-order valence-electron chi connectivity index (χ4n) is 2.45. The SMILES string of the molecule is CC(C)S(=O)(=O)c1ccc(CC(=O)NC[C@H](O)Cn2ccccc2=O)cc1. The number of rotatable bonds is 8. The molecule has 2 aromatic rings. The Bertz CT molecular complexity index is 933. The number of hydrogen-bond acceptors (Lipinski definition) is 5. The minimum Gasteiger partial charge on any atom is -0.389 e. The molecule has 0 aliphatic heterocycles.